The molecule has 0 spiro atoms. The number of nitrogens with one attached hydrogen (secondary N) is 2. The van der Waals surface area contributed by atoms with Gasteiger partial charge in [-0.1, -0.05) is 19.8 Å². The van der Waals surface area contributed by atoms with Crippen molar-refractivity contribution in [3.05, 3.63) is 46.0 Å². The molecule has 0 bridgehead atoms. The maximum Gasteiger partial charge on any atom is 0.250 e. The number of anilines is 2. The Labute approximate surface area is 175 Å². The summed E-state index contributed by atoms with van der Waals surface area (Å²) < 4.78 is 3.24. The minimum Gasteiger partial charge on any atom is -0.396 e. The van der Waals surface area contributed by atoms with Crippen LogP contribution in [-0.2, 0) is 20.0 Å². The predicted molar refractivity (Wildman–Crippen MR) is 116 cm³/mol. The van der Waals surface area contributed by atoms with Crippen LogP contribution in [0.5, 0.6) is 0 Å². The summed E-state index contributed by atoms with van der Waals surface area (Å²) in [4.78, 5) is 21.3. The summed E-state index contributed by atoms with van der Waals surface area (Å²) in [6.07, 6.45) is 8.67. The van der Waals surface area contributed by atoms with E-state index in [0.29, 0.717) is 18.4 Å². The Balaban J connectivity index is 1.63. The molecule has 0 amide bonds. The van der Waals surface area contributed by atoms with Crippen LogP contribution in [-0.4, -0.2) is 41.9 Å². The van der Waals surface area contributed by atoms with Gasteiger partial charge in [-0.25, -0.2) is 0 Å². The van der Waals surface area contributed by atoms with E-state index in [0.717, 1.165) is 48.9 Å². The summed E-state index contributed by atoms with van der Waals surface area (Å²) in [6, 6.07) is 3.67. The molecular weight excluding hydrogens is 382 g/mol. The second kappa shape index (κ2) is 8.83. The quantitative estimate of drug-likeness (QED) is 0.545. The number of rotatable bonds is 7. The van der Waals surface area contributed by atoms with Gasteiger partial charge in [0, 0.05) is 50.0 Å². The number of pyridine rings is 1. The first-order valence-corrected chi connectivity index (χ1v) is 10.6. The first-order chi connectivity index (χ1) is 14.6. The summed E-state index contributed by atoms with van der Waals surface area (Å²) >= 11 is 0. The number of hydrogen-bond donors (Lipinski definition) is 3. The molecule has 3 aromatic rings. The lowest BCUT2D eigenvalue weighted by atomic mass is 9.85. The second-order valence-electron chi connectivity index (χ2n) is 7.95. The molecule has 1 aliphatic carbocycles. The summed E-state index contributed by atoms with van der Waals surface area (Å²) in [6.45, 7) is 2.69. The third-order valence-electron chi connectivity index (χ3n) is 5.90. The first kappa shape index (κ1) is 20.3. The normalized spacial score (nSPS) is 19.2. The summed E-state index contributed by atoms with van der Waals surface area (Å²) in [5.41, 5.74) is 2.62. The lowest BCUT2D eigenvalue weighted by molar-refractivity contribution is 0.178. The Bertz CT molecular complexity index is 1070. The van der Waals surface area contributed by atoms with Crippen molar-refractivity contribution in [1.29, 1.82) is 0 Å². The SMILES string of the molecule is CCc1cnn2c(NCc3ccn(C)c(=O)c3)nc(N[C@H]3CCCC[C@H]3CO)nc12. The fraction of sp³-hybridized carbons (Fsp3) is 0.524. The molecule has 4 rings (SSSR count). The second-order valence-corrected chi connectivity index (χ2v) is 7.95. The molecule has 0 unspecified atom stereocenters. The maximum atomic E-state index is 11.9. The molecule has 3 heterocycles. The number of hydrogen-bond acceptors (Lipinski definition) is 7. The largest absolute Gasteiger partial charge is 0.396 e. The third-order valence-corrected chi connectivity index (χ3v) is 5.90. The molecular formula is C21H29N7O2. The molecule has 1 aliphatic rings. The molecule has 30 heavy (non-hydrogen) atoms. The van der Waals surface area contributed by atoms with E-state index >= 15 is 0 Å². The van der Waals surface area contributed by atoms with E-state index in [2.05, 4.69) is 27.6 Å². The fourth-order valence-electron chi connectivity index (χ4n) is 4.01. The number of fused-ring (bicyclic) bond motifs is 1. The Morgan fingerprint density at radius 3 is 2.87 bits per heavy atom. The first-order valence-electron chi connectivity index (χ1n) is 10.6. The Hall–Kier alpha value is -2.94. The number of aliphatic hydroxyl groups is 1. The molecule has 9 heteroatoms. The molecule has 0 radical (unpaired) electrons. The molecule has 3 aromatic heterocycles. The zero-order chi connectivity index (χ0) is 21.1. The van der Waals surface area contributed by atoms with Crippen LogP contribution < -0.4 is 16.2 Å². The van der Waals surface area contributed by atoms with Gasteiger partial charge in [0.2, 0.25) is 11.9 Å². The van der Waals surface area contributed by atoms with Crippen molar-refractivity contribution in [2.45, 2.75) is 51.6 Å². The lowest BCUT2D eigenvalue weighted by Crippen LogP contribution is -2.35. The van der Waals surface area contributed by atoms with E-state index in [1.54, 1.807) is 23.8 Å². The molecule has 0 saturated heterocycles. The van der Waals surface area contributed by atoms with E-state index in [1.165, 1.54) is 4.57 Å². The summed E-state index contributed by atoms with van der Waals surface area (Å²) in [5.74, 6) is 1.32. The van der Waals surface area contributed by atoms with Gasteiger partial charge in [-0.2, -0.15) is 19.6 Å². The van der Waals surface area contributed by atoms with Crippen LogP contribution in [0.4, 0.5) is 11.9 Å². The van der Waals surface area contributed by atoms with Gasteiger partial charge in [0.1, 0.15) is 0 Å². The van der Waals surface area contributed by atoms with Crippen LogP contribution in [0, 0.1) is 5.92 Å². The number of aliphatic hydroxyl groups excluding tert-OH is 1. The smallest absolute Gasteiger partial charge is 0.250 e. The van der Waals surface area contributed by atoms with Gasteiger partial charge in [-0.15, -0.1) is 0 Å². The summed E-state index contributed by atoms with van der Waals surface area (Å²) in [5, 5.41) is 20.9. The highest BCUT2D eigenvalue weighted by atomic mass is 16.3. The van der Waals surface area contributed by atoms with Crippen LogP contribution in [0.15, 0.2) is 29.3 Å². The Morgan fingerprint density at radius 2 is 2.10 bits per heavy atom. The lowest BCUT2D eigenvalue weighted by Gasteiger charge is -2.30. The van der Waals surface area contributed by atoms with Crippen molar-refractivity contribution < 1.29 is 5.11 Å². The maximum absolute atomic E-state index is 11.9. The monoisotopic (exact) mass is 411 g/mol. The topological polar surface area (TPSA) is 109 Å². The Kier molecular flexibility index (Phi) is 5.98. The molecule has 3 N–H and O–H groups in total. The predicted octanol–water partition coefficient (Wildman–Crippen LogP) is 1.96. The number of nitrogens with zero attached hydrogens (tertiary/aromatic N) is 5. The van der Waals surface area contributed by atoms with Gasteiger partial charge in [0.15, 0.2) is 5.65 Å². The highest BCUT2D eigenvalue weighted by Gasteiger charge is 2.25. The number of aryl methyl sites for hydroxylation is 2. The van der Waals surface area contributed by atoms with Crippen molar-refractivity contribution in [3.63, 3.8) is 0 Å². The Morgan fingerprint density at radius 1 is 1.27 bits per heavy atom. The zero-order valence-corrected chi connectivity index (χ0v) is 17.5. The van der Waals surface area contributed by atoms with Crippen molar-refractivity contribution >= 4 is 17.5 Å². The summed E-state index contributed by atoms with van der Waals surface area (Å²) in [7, 11) is 1.73. The molecule has 0 aromatic carbocycles. The van der Waals surface area contributed by atoms with E-state index in [4.69, 9.17) is 4.98 Å². The highest BCUT2D eigenvalue weighted by Crippen LogP contribution is 2.27. The molecule has 1 saturated carbocycles. The minimum absolute atomic E-state index is 0.0517. The van der Waals surface area contributed by atoms with E-state index in [1.807, 2.05) is 12.3 Å². The van der Waals surface area contributed by atoms with Gasteiger partial charge in [0.05, 0.1) is 6.20 Å². The van der Waals surface area contributed by atoms with Crippen molar-refractivity contribution in [3.8, 4) is 0 Å². The van der Waals surface area contributed by atoms with Crippen molar-refractivity contribution in [2.75, 3.05) is 17.2 Å². The third kappa shape index (κ3) is 4.16. The van der Waals surface area contributed by atoms with Crippen LogP contribution in [0.2, 0.25) is 0 Å². The van der Waals surface area contributed by atoms with Crippen molar-refractivity contribution in [2.24, 2.45) is 13.0 Å². The molecule has 2 atom stereocenters. The van der Waals surface area contributed by atoms with Crippen LogP contribution in [0.3, 0.4) is 0 Å². The standard InChI is InChI=1S/C21H29N7O2/c1-3-15-12-23-28-19(15)25-20(24-17-7-5-4-6-16(17)13-29)26-21(28)22-11-14-8-9-27(2)18(30)10-14/h8-10,12,16-17,29H,3-7,11,13H2,1-2H3,(H2,22,24,25,26)/t16-,17-/m0/s1. The van der Waals surface area contributed by atoms with Crippen LogP contribution >= 0.6 is 0 Å². The zero-order valence-electron chi connectivity index (χ0n) is 17.5. The average molecular weight is 412 g/mol. The van der Waals surface area contributed by atoms with E-state index in [9.17, 15) is 9.90 Å². The molecule has 9 nitrogen and oxygen atoms in total. The van der Waals surface area contributed by atoms with Crippen LogP contribution in [0.25, 0.3) is 5.65 Å². The van der Waals surface area contributed by atoms with Crippen molar-refractivity contribution in [1.82, 2.24) is 24.1 Å². The fourth-order valence-corrected chi connectivity index (χ4v) is 4.01. The average Bonchev–Trinajstić information content (AvgIpc) is 3.18. The van der Waals surface area contributed by atoms with Gasteiger partial charge in [0.25, 0.3) is 5.56 Å². The van der Waals surface area contributed by atoms with E-state index in [-0.39, 0.29) is 24.1 Å². The molecule has 0 aliphatic heterocycles. The molecule has 160 valence electrons. The highest BCUT2D eigenvalue weighted by molar-refractivity contribution is 5.54. The van der Waals surface area contributed by atoms with Gasteiger partial charge in [-0.3, -0.25) is 4.79 Å². The van der Waals surface area contributed by atoms with Crippen LogP contribution in [0.1, 0.15) is 43.7 Å². The minimum atomic E-state index is -0.0517. The van der Waals surface area contributed by atoms with Gasteiger partial charge >= 0.3 is 0 Å². The number of aromatic nitrogens is 5. The van der Waals surface area contributed by atoms with Gasteiger partial charge in [-0.05, 0) is 30.9 Å². The van der Waals surface area contributed by atoms with Gasteiger partial charge < -0.3 is 20.3 Å². The molecule has 1 fully saturated rings. The van der Waals surface area contributed by atoms with E-state index < -0.39 is 0 Å².